The number of rotatable bonds is 2. The number of nitrogens with zero attached hydrogens (tertiary/aromatic N) is 2. The molecule has 3 aromatic carbocycles. The molecule has 0 fully saturated rings. The molecule has 0 aliphatic rings. The Kier molecular flexibility index (Phi) is 4.39. The Balaban J connectivity index is 1.93. The van der Waals surface area contributed by atoms with Gasteiger partial charge in [0.25, 0.3) is 0 Å². The maximum Gasteiger partial charge on any atom is 0.227 e. The van der Waals surface area contributed by atoms with Gasteiger partial charge in [-0.2, -0.15) is 5.26 Å². The van der Waals surface area contributed by atoms with Crippen molar-refractivity contribution in [3.63, 3.8) is 0 Å². The molecule has 1 aromatic heterocycles. The number of anilines is 1. The highest BCUT2D eigenvalue weighted by atomic mass is 79.9. The molecule has 0 saturated heterocycles. The lowest BCUT2D eigenvalue weighted by atomic mass is 9.96. The van der Waals surface area contributed by atoms with E-state index in [-0.39, 0.29) is 0 Å². The number of fused-ring (bicyclic) bond motifs is 1. The molecule has 4 rings (SSSR count). The van der Waals surface area contributed by atoms with E-state index < -0.39 is 0 Å². The zero-order valence-electron chi connectivity index (χ0n) is 14.3. The van der Waals surface area contributed by atoms with Crippen LogP contribution in [0.4, 0.5) is 5.69 Å². The minimum Gasteiger partial charge on any atom is -0.435 e. The topological polar surface area (TPSA) is 75.8 Å². The van der Waals surface area contributed by atoms with Crippen molar-refractivity contribution in [2.45, 2.75) is 6.92 Å². The molecule has 0 saturated carbocycles. The highest BCUT2D eigenvalue weighted by Gasteiger charge is 2.17. The van der Waals surface area contributed by atoms with E-state index in [9.17, 15) is 5.26 Å². The Morgan fingerprint density at radius 2 is 1.81 bits per heavy atom. The lowest BCUT2D eigenvalue weighted by Crippen LogP contribution is -1.92. The van der Waals surface area contributed by atoms with E-state index in [2.05, 4.69) is 27.0 Å². The molecule has 27 heavy (non-hydrogen) atoms. The molecule has 6 heteroatoms. The van der Waals surface area contributed by atoms with Crippen molar-refractivity contribution in [2.75, 3.05) is 5.73 Å². The van der Waals surface area contributed by atoms with Gasteiger partial charge in [0.1, 0.15) is 11.6 Å². The average molecular weight is 439 g/mol. The van der Waals surface area contributed by atoms with Crippen LogP contribution in [-0.2, 0) is 0 Å². The van der Waals surface area contributed by atoms with Crippen LogP contribution in [0.3, 0.4) is 0 Å². The zero-order chi connectivity index (χ0) is 19.1. The van der Waals surface area contributed by atoms with Crippen molar-refractivity contribution in [1.29, 1.82) is 5.26 Å². The predicted octanol–water partition coefficient (Wildman–Crippen LogP) is 6.34. The quantitative estimate of drug-likeness (QED) is 0.370. The van der Waals surface area contributed by atoms with Crippen LogP contribution in [0.2, 0.25) is 5.02 Å². The van der Waals surface area contributed by atoms with Gasteiger partial charge in [-0.25, -0.2) is 4.98 Å². The van der Waals surface area contributed by atoms with Crippen molar-refractivity contribution < 1.29 is 4.42 Å². The van der Waals surface area contributed by atoms with Crippen LogP contribution in [0.25, 0.3) is 33.7 Å². The summed E-state index contributed by atoms with van der Waals surface area (Å²) in [6.45, 7) is 1.99. The maximum atomic E-state index is 9.36. The molecule has 4 nitrogen and oxygen atoms in total. The number of hydrogen-bond donors (Lipinski definition) is 1. The van der Waals surface area contributed by atoms with Crippen LogP contribution >= 0.6 is 27.5 Å². The normalized spacial score (nSPS) is 10.9. The van der Waals surface area contributed by atoms with Crippen LogP contribution in [0.5, 0.6) is 0 Å². The Bertz CT molecular complexity index is 1240. The van der Waals surface area contributed by atoms with E-state index in [4.69, 9.17) is 21.8 Å². The highest BCUT2D eigenvalue weighted by Crippen LogP contribution is 2.38. The molecular weight excluding hydrogens is 426 g/mol. The predicted molar refractivity (Wildman–Crippen MR) is 111 cm³/mol. The molecular formula is C21H13BrClN3O. The van der Waals surface area contributed by atoms with Crippen LogP contribution in [0.15, 0.2) is 57.4 Å². The third kappa shape index (κ3) is 2.97. The molecule has 132 valence electrons. The van der Waals surface area contributed by atoms with Crippen LogP contribution in [0, 0.1) is 18.3 Å². The summed E-state index contributed by atoms with van der Waals surface area (Å²) in [5.74, 6) is 0.457. The van der Waals surface area contributed by atoms with Gasteiger partial charge in [-0.1, -0.05) is 51.8 Å². The van der Waals surface area contributed by atoms with Gasteiger partial charge in [0, 0.05) is 15.6 Å². The Labute approximate surface area is 169 Å². The average Bonchev–Trinajstić information content (AvgIpc) is 3.07. The van der Waals surface area contributed by atoms with E-state index in [1.807, 2.05) is 43.3 Å². The summed E-state index contributed by atoms with van der Waals surface area (Å²) in [5.41, 5.74) is 11.6. The Morgan fingerprint density at radius 3 is 2.59 bits per heavy atom. The number of oxazole rings is 1. The van der Waals surface area contributed by atoms with E-state index in [1.54, 1.807) is 12.1 Å². The van der Waals surface area contributed by atoms with Crippen molar-refractivity contribution in [2.24, 2.45) is 0 Å². The lowest BCUT2D eigenvalue weighted by molar-refractivity contribution is 0.618. The third-order valence-corrected chi connectivity index (χ3v) is 5.34. The van der Waals surface area contributed by atoms with Gasteiger partial charge in [-0.15, -0.1) is 0 Å². The summed E-state index contributed by atoms with van der Waals surface area (Å²) in [6, 6.07) is 17.1. The molecule has 4 aromatic rings. The molecule has 0 aliphatic heterocycles. The van der Waals surface area contributed by atoms with E-state index >= 15 is 0 Å². The van der Waals surface area contributed by atoms with Gasteiger partial charge in [0.2, 0.25) is 5.89 Å². The maximum absolute atomic E-state index is 9.36. The number of nitrogens with two attached hydrogens (primary N) is 1. The first kappa shape index (κ1) is 17.6. The number of nitriles is 1. The first-order chi connectivity index (χ1) is 13.0. The molecule has 1 heterocycles. The van der Waals surface area contributed by atoms with Gasteiger partial charge >= 0.3 is 0 Å². The fourth-order valence-electron chi connectivity index (χ4n) is 3.11. The molecule has 0 aliphatic carbocycles. The summed E-state index contributed by atoms with van der Waals surface area (Å²) < 4.78 is 6.73. The molecule has 0 amide bonds. The largest absolute Gasteiger partial charge is 0.435 e. The number of hydrogen-bond acceptors (Lipinski definition) is 4. The smallest absolute Gasteiger partial charge is 0.227 e. The van der Waals surface area contributed by atoms with Crippen molar-refractivity contribution in [3.8, 4) is 28.7 Å². The first-order valence-corrected chi connectivity index (χ1v) is 9.31. The minimum atomic E-state index is 0.436. The van der Waals surface area contributed by atoms with E-state index in [0.29, 0.717) is 33.3 Å². The standard InChI is InChI=1S/C21H13BrClN3O/c1-11-14(16-6-3-7-17(25)19(16)23)4-2-5-15(11)21-26-18-9-13(22)8-12(10-24)20(18)27-21/h2-9H,25H2,1H3. The highest BCUT2D eigenvalue weighted by molar-refractivity contribution is 9.10. The van der Waals surface area contributed by atoms with Crippen LogP contribution in [0.1, 0.15) is 11.1 Å². The molecule has 0 unspecified atom stereocenters. The second-order valence-electron chi connectivity index (χ2n) is 6.12. The second-order valence-corrected chi connectivity index (χ2v) is 7.41. The summed E-state index contributed by atoms with van der Waals surface area (Å²) >= 11 is 9.82. The summed E-state index contributed by atoms with van der Waals surface area (Å²) in [4.78, 5) is 4.58. The van der Waals surface area contributed by atoms with Gasteiger partial charge in [0.05, 0.1) is 16.3 Å². The van der Waals surface area contributed by atoms with Crippen molar-refractivity contribution >= 4 is 44.3 Å². The first-order valence-electron chi connectivity index (χ1n) is 8.14. The van der Waals surface area contributed by atoms with Gasteiger partial charge in [0.15, 0.2) is 5.58 Å². The fraction of sp³-hybridized carbons (Fsp3) is 0.0476. The minimum absolute atomic E-state index is 0.436. The van der Waals surface area contributed by atoms with Crippen LogP contribution in [-0.4, -0.2) is 4.98 Å². The molecule has 2 N–H and O–H groups in total. The van der Waals surface area contributed by atoms with Gasteiger partial charge in [-0.05, 0) is 42.3 Å². The summed E-state index contributed by atoms with van der Waals surface area (Å²) in [7, 11) is 0. The Hall–Kier alpha value is -2.81. The number of nitrogen functional groups attached to an aromatic ring is 1. The lowest BCUT2D eigenvalue weighted by Gasteiger charge is -2.12. The molecule has 0 radical (unpaired) electrons. The zero-order valence-corrected chi connectivity index (χ0v) is 16.6. The van der Waals surface area contributed by atoms with Crippen LogP contribution < -0.4 is 5.73 Å². The molecule has 0 spiro atoms. The molecule has 0 atom stereocenters. The number of benzene rings is 3. The van der Waals surface area contributed by atoms with Crippen molar-refractivity contribution in [3.05, 3.63) is 69.2 Å². The van der Waals surface area contributed by atoms with Crippen molar-refractivity contribution in [1.82, 2.24) is 4.98 Å². The van der Waals surface area contributed by atoms with Gasteiger partial charge in [-0.3, -0.25) is 0 Å². The Morgan fingerprint density at radius 1 is 1.11 bits per heavy atom. The van der Waals surface area contributed by atoms with E-state index in [1.165, 1.54) is 0 Å². The van der Waals surface area contributed by atoms with Gasteiger partial charge < -0.3 is 10.2 Å². The summed E-state index contributed by atoms with van der Waals surface area (Å²) in [6.07, 6.45) is 0. The fourth-order valence-corrected chi connectivity index (χ4v) is 3.79. The number of aromatic nitrogens is 1. The number of halogens is 2. The third-order valence-electron chi connectivity index (χ3n) is 4.46. The SMILES string of the molecule is Cc1c(-c2nc3cc(Br)cc(C#N)c3o2)cccc1-c1cccc(N)c1Cl. The summed E-state index contributed by atoms with van der Waals surface area (Å²) in [5, 5.41) is 9.88. The monoisotopic (exact) mass is 437 g/mol. The molecule has 0 bridgehead atoms. The second kappa shape index (κ2) is 6.73. The van der Waals surface area contributed by atoms with E-state index in [0.717, 1.165) is 26.7 Å².